The Labute approximate surface area is 116 Å². The number of carbonyl (C=O) groups excluding carboxylic acids is 1. The van der Waals surface area contributed by atoms with Gasteiger partial charge in [-0.1, -0.05) is 20.8 Å². The van der Waals surface area contributed by atoms with Crippen LogP contribution in [-0.4, -0.2) is 36.7 Å². The highest BCUT2D eigenvalue weighted by atomic mass is 32.2. The van der Waals surface area contributed by atoms with Crippen LogP contribution in [0.25, 0.3) is 0 Å². The molecule has 0 heterocycles. The fraction of sp³-hybridized carbons (Fsp3) is 0.929. The van der Waals surface area contributed by atoms with E-state index in [0.29, 0.717) is 0 Å². The molecule has 0 aliphatic carbocycles. The number of thioether (sulfide) groups is 1. The minimum Gasteiger partial charge on any atom is -0.468 e. The average molecular weight is 275 g/mol. The summed E-state index contributed by atoms with van der Waals surface area (Å²) >= 11 is 1.97. The van der Waals surface area contributed by atoms with Crippen LogP contribution in [0.15, 0.2) is 0 Å². The molecule has 18 heavy (non-hydrogen) atoms. The molecule has 1 atom stereocenters. The van der Waals surface area contributed by atoms with Crippen LogP contribution >= 0.6 is 11.8 Å². The molecule has 0 aliphatic rings. The quantitative estimate of drug-likeness (QED) is 0.491. The minimum absolute atomic E-state index is 0.148. The summed E-state index contributed by atoms with van der Waals surface area (Å²) < 4.78 is 4.90. The molecule has 1 N–H and O–H groups in total. The molecule has 0 aliphatic heterocycles. The molecule has 108 valence electrons. The molecule has 0 saturated carbocycles. The predicted molar refractivity (Wildman–Crippen MR) is 80.1 cm³/mol. The zero-order valence-electron chi connectivity index (χ0n) is 12.5. The van der Waals surface area contributed by atoms with Crippen LogP contribution < -0.4 is 5.32 Å². The van der Waals surface area contributed by atoms with Gasteiger partial charge in [-0.2, -0.15) is 11.8 Å². The summed E-state index contributed by atoms with van der Waals surface area (Å²) in [6.07, 6.45) is 2.90. The maximum absolute atomic E-state index is 11.8. The molecule has 0 saturated heterocycles. The van der Waals surface area contributed by atoms with Crippen LogP contribution in [0.4, 0.5) is 0 Å². The molecule has 0 aromatic rings. The van der Waals surface area contributed by atoms with Crippen LogP contribution in [0.2, 0.25) is 0 Å². The molecule has 0 radical (unpaired) electrons. The van der Waals surface area contributed by atoms with Crippen LogP contribution in [0, 0.1) is 5.92 Å². The molecular formula is C14H29NO2S. The second-order valence-electron chi connectivity index (χ2n) is 5.32. The van der Waals surface area contributed by atoms with E-state index in [9.17, 15) is 4.79 Å². The Morgan fingerprint density at radius 1 is 1.44 bits per heavy atom. The number of hydrogen-bond acceptors (Lipinski definition) is 4. The van der Waals surface area contributed by atoms with Gasteiger partial charge in [0.05, 0.1) is 7.11 Å². The van der Waals surface area contributed by atoms with Gasteiger partial charge in [0.2, 0.25) is 0 Å². The summed E-state index contributed by atoms with van der Waals surface area (Å²) in [6, 6.07) is 0. The van der Waals surface area contributed by atoms with E-state index in [0.717, 1.165) is 37.5 Å². The van der Waals surface area contributed by atoms with Crippen molar-refractivity contribution in [2.45, 2.75) is 52.5 Å². The lowest BCUT2D eigenvalue weighted by atomic mass is 9.96. The van der Waals surface area contributed by atoms with E-state index >= 15 is 0 Å². The molecule has 1 unspecified atom stereocenters. The molecule has 0 rings (SSSR count). The number of nitrogens with one attached hydrogen (secondary N) is 1. The smallest absolute Gasteiger partial charge is 0.325 e. The normalized spacial score (nSPS) is 14.6. The predicted octanol–water partition coefficient (Wildman–Crippen LogP) is 3.09. The summed E-state index contributed by atoms with van der Waals surface area (Å²) in [7, 11) is 1.46. The first-order valence-corrected chi connectivity index (χ1v) is 8.03. The van der Waals surface area contributed by atoms with Gasteiger partial charge in [-0.25, -0.2) is 0 Å². The third-order valence-electron chi connectivity index (χ3n) is 2.82. The van der Waals surface area contributed by atoms with Gasteiger partial charge in [0, 0.05) is 0 Å². The van der Waals surface area contributed by atoms with Crippen LogP contribution in [-0.2, 0) is 9.53 Å². The van der Waals surface area contributed by atoms with Crippen molar-refractivity contribution in [3.8, 4) is 0 Å². The number of hydrogen-bond donors (Lipinski definition) is 1. The average Bonchev–Trinajstić information content (AvgIpc) is 2.34. The third kappa shape index (κ3) is 7.27. The maximum atomic E-state index is 11.8. The summed E-state index contributed by atoms with van der Waals surface area (Å²) in [5, 5.41) is 3.31. The summed E-state index contributed by atoms with van der Waals surface area (Å²) in [5.74, 6) is 2.89. The van der Waals surface area contributed by atoms with E-state index in [2.05, 4.69) is 26.1 Å². The molecule has 0 aromatic heterocycles. The number of methoxy groups -OCH3 is 1. The van der Waals surface area contributed by atoms with E-state index in [1.807, 2.05) is 18.7 Å². The fourth-order valence-corrected chi connectivity index (χ4v) is 2.72. The molecule has 0 fully saturated rings. The Hall–Kier alpha value is -0.220. The maximum Gasteiger partial charge on any atom is 0.325 e. The van der Waals surface area contributed by atoms with Crippen LogP contribution in [0.1, 0.15) is 47.0 Å². The van der Waals surface area contributed by atoms with Crippen molar-refractivity contribution in [2.24, 2.45) is 5.92 Å². The lowest BCUT2D eigenvalue weighted by Gasteiger charge is -2.28. The molecule has 0 amide bonds. The SMILES string of the molecule is CCCNC(C)(CCCSCC(C)C)C(=O)OC. The topological polar surface area (TPSA) is 38.3 Å². The molecule has 0 spiro atoms. The Bertz CT molecular complexity index is 234. The minimum atomic E-state index is -0.525. The van der Waals surface area contributed by atoms with Gasteiger partial charge in [0.25, 0.3) is 0 Å². The van der Waals surface area contributed by atoms with Crippen LogP contribution in [0.3, 0.4) is 0 Å². The van der Waals surface area contributed by atoms with Crippen molar-refractivity contribution < 1.29 is 9.53 Å². The Morgan fingerprint density at radius 2 is 2.11 bits per heavy atom. The lowest BCUT2D eigenvalue weighted by Crippen LogP contribution is -2.50. The van der Waals surface area contributed by atoms with Crippen molar-refractivity contribution >= 4 is 17.7 Å². The van der Waals surface area contributed by atoms with Gasteiger partial charge < -0.3 is 10.1 Å². The van der Waals surface area contributed by atoms with Crippen molar-refractivity contribution in [3.63, 3.8) is 0 Å². The van der Waals surface area contributed by atoms with Crippen molar-refractivity contribution in [3.05, 3.63) is 0 Å². The standard InChI is InChI=1S/C14H29NO2S/c1-6-9-15-14(4,13(16)17-5)8-7-10-18-11-12(2)3/h12,15H,6-11H2,1-5H3. The Kier molecular flexibility index (Phi) is 9.56. The molecule has 4 heteroatoms. The first-order chi connectivity index (χ1) is 8.46. The molecular weight excluding hydrogens is 246 g/mol. The molecule has 0 bridgehead atoms. The van der Waals surface area contributed by atoms with Crippen molar-refractivity contribution in [1.29, 1.82) is 0 Å². The first kappa shape index (κ1) is 17.8. The number of carbonyl (C=O) groups is 1. The number of rotatable bonds is 10. The first-order valence-electron chi connectivity index (χ1n) is 6.87. The zero-order valence-corrected chi connectivity index (χ0v) is 13.4. The van der Waals surface area contributed by atoms with E-state index < -0.39 is 5.54 Å². The summed E-state index contributed by atoms with van der Waals surface area (Å²) in [5.41, 5.74) is -0.525. The summed E-state index contributed by atoms with van der Waals surface area (Å²) in [6.45, 7) is 9.36. The van der Waals surface area contributed by atoms with Crippen molar-refractivity contribution in [2.75, 3.05) is 25.2 Å². The van der Waals surface area contributed by atoms with Gasteiger partial charge in [0.15, 0.2) is 0 Å². The van der Waals surface area contributed by atoms with Gasteiger partial charge in [0.1, 0.15) is 5.54 Å². The third-order valence-corrected chi connectivity index (χ3v) is 4.30. The van der Waals surface area contributed by atoms with Crippen LogP contribution in [0.5, 0.6) is 0 Å². The van der Waals surface area contributed by atoms with E-state index in [-0.39, 0.29) is 5.97 Å². The van der Waals surface area contributed by atoms with E-state index in [1.54, 1.807) is 0 Å². The van der Waals surface area contributed by atoms with Gasteiger partial charge in [-0.05, 0) is 50.2 Å². The van der Waals surface area contributed by atoms with Gasteiger partial charge in [-0.15, -0.1) is 0 Å². The monoisotopic (exact) mass is 275 g/mol. The van der Waals surface area contributed by atoms with E-state index in [1.165, 1.54) is 12.9 Å². The van der Waals surface area contributed by atoms with Crippen molar-refractivity contribution in [1.82, 2.24) is 5.32 Å². The fourth-order valence-electron chi connectivity index (χ4n) is 1.74. The number of ether oxygens (including phenoxy) is 1. The molecule has 0 aromatic carbocycles. The van der Waals surface area contributed by atoms with Gasteiger partial charge in [-0.3, -0.25) is 4.79 Å². The highest BCUT2D eigenvalue weighted by molar-refractivity contribution is 7.99. The second kappa shape index (κ2) is 9.68. The molecule has 3 nitrogen and oxygen atoms in total. The zero-order chi connectivity index (χ0) is 14.0. The largest absolute Gasteiger partial charge is 0.468 e. The van der Waals surface area contributed by atoms with E-state index in [4.69, 9.17) is 4.74 Å². The highest BCUT2D eigenvalue weighted by Gasteiger charge is 2.32. The lowest BCUT2D eigenvalue weighted by molar-refractivity contribution is -0.148. The Balaban J connectivity index is 4.05. The second-order valence-corrected chi connectivity index (χ2v) is 6.47. The highest BCUT2D eigenvalue weighted by Crippen LogP contribution is 2.18. The Morgan fingerprint density at radius 3 is 2.61 bits per heavy atom. The number of esters is 1. The van der Waals surface area contributed by atoms with Gasteiger partial charge >= 0.3 is 5.97 Å². The summed E-state index contributed by atoms with van der Waals surface area (Å²) in [4.78, 5) is 11.8.